The first-order valence-corrected chi connectivity index (χ1v) is 16.2. The van der Waals surface area contributed by atoms with E-state index in [4.69, 9.17) is 9.47 Å². The molecule has 9 nitrogen and oxygen atoms in total. The maximum absolute atomic E-state index is 13.9. The summed E-state index contributed by atoms with van der Waals surface area (Å²) in [5, 5.41) is 0. The van der Waals surface area contributed by atoms with Crippen molar-refractivity contribution in [2.45, 2.75) is 73.1 Å². The van der Waals surface area contributed by atoms with Crippen molar-refractivity contribution in [3.63, 3.8) is 0 Å². The number of amides is 1. The van der Waals surface area contributed by atoms with Gasteiger partial charge in [0.1, 0.15) is 23.0 Å². The molecule has 2 heterocycles. The molecule has 0 fully saturated rings. The number of aromatic nitrogens is 1. The molecule has 0 bridgehead atoms. The number of pyridine rings is 1. The molecule has 1 aromatic carbocycles. The van der Waals surface area contributed by atoms with Gasteiger partial charge in [-0.05, 0) is 54.0 Å². The van der Waals surface area contributed by atoms with Crippen LogP contribution in [0.1, 0.15) is 86.5 Å². The Morgan fingerprint density at radius 3 is 1.98 bits per heavy atom. The van der Waals surface area contributed by atoms with Gasteiger partial charge in [0.2, 0.25) is 10.0 Å². The van der Waals surface area contributed by atoms with Gasteiger partial charge >= 0.3 is 29.6 Å². The van der Waals surface area contributed by atoms with Crippen molar-refractivity contribution in [3.8, 4) is 17.0 Å². The molecule has 0 radical (unpaired) electrons. The van der Waals surface area contributed by atoms with Gasteiger partial charge < -0.3 is 9.47 Å². The Morgan fingerprint density at radius 1 is 0.932 bits per heavy atom. The Labute approximate surface area is 281 Å². The Balaban J connectivity index is 0.00000442. The molecule has 0 saturated heterocycles. The van der Waals surface area contributed by atoms with Gasteiger partial charge in [0.25, 0.3) is 5.91 Å². The number of allylic oxidation sites excluding steroid dienone is 4. The normalized spacial score (nSPS) is 19.5. The molecule has 230 valence electrons. The van der Waals surface area contributed by atoms with Crippen LogP contribution in [0.5, 0.6) is 5.75 Å². The zero-order chi connectivity index (χ0) is 31.6. The number of ketones is 2. The zero-order valence-corrected chi connectivity index (χ0v) is 26.7. The van der Waals surface area contributed by atoms with Crippen LogP contribution in [0, 0.1) is 24.7 Å². The minimum absolute atomic E-state index is 0. The first-order valence-electron chi connectivity index (χ1n) is 14.3. The van der Waals surface area contributed by atoms with Gasteiger partial charge in [0, 0.05) is 48.0 Å². The van der Waals surface area contributed by atoms with E-state index in [1.165, 1.54) is 0 Å². The monoisotopic (exact) mass is 630 g/mol. The summed E-state index contributed by atoms with van der Waals surface area (Å²) in [6.45, 7) is 11.7. The van der Waals surface area contributed by atoms with E-state index in [-0.39, 0.29) is 57.6 Å². The van der Waals surface area contributed by atoms with Crippen molar-refractivity contribution < 1.29 is 32.3 Å². The number of benzene rings is 1. The van der Waals surface area contributed by atoms with Gasteiger partial charge in [-0.2, -0.15) is 0 Å². The van der Waals surface area contributed by atoms with Gasteiger partial charge in [-0.25, -0.2) is 18.1 Å². The van der Waals surface area contributed by atoms with Crippen molar-refractivity contribution in [2.24, 2.45) is 10.8 Å². The average molecular weight is 631 g/mol. The zero-order valence-electron chi connectivity index (χ0n) is 25.9. The van der Waals surface area contributed by atoms with Crippen molar-refractivity contribution >= 4 is 57.1 Å². The van der Waals surface area contributed by atoms with Gasteiger partial charge in [0.15, 0.2) is 11.6 Å². The summed E-state index contributed by atoms with van der Waals surface area (Å²) < 4.78 is 37.8. The van der Waals surface area contributed by atoms with Gasteiger partial charge in [0.05, 0.1) is 25.0 Å². The molecule has 1 aliphatic heterocycles. The van der Waals surface area contributed by atoms with E-state index in [0.29, 0.717) is 76.5 Å². The van der Waals surface area contributed by atoms with Gasteiger partial charge in [-0.1, -0.05) is 33.8 Å². The summed E-state index contributed by atoms with van der Waals surface area (Å²) in [6, 6.07) is 7.06. The predicted molar refractivity (Wildman–Crippen MR) is 169 cm³/mol. The van der Waals surface area contributed by atoms with E-state index >= 15 is 0 Å². The molecule has 0 unspecified atom stereocenters. The number of Topliss-reactive ketones (excluding diaryl/α,β-unsaturated/α-hetero) is 2. The Kier molecular flexibility index (Phi) is 9.19. The second kappa shape index (κ2) is 11.9. The van der Waals surface area contributed by atoms with Gasteiger partial charge in [-0.3, -0.25) is 14.4 Å². The molecule has 44 heavy (non-hydrogen) atoms. The summed E-state index contributed by atoms with van der Waals surface area (Å²) in [7, 11) is -2.24. The molecule has 2 aromatic rings. The van der Waals surface area contributed by atoms with Crippen LogP contribution in [0.25, 0.3) is 11.3 Å². The number of methoxy groups -OCH3 is 1. The van der Waals surface area contributed by atoms with Crippen LogP contribution in [-0.4, -0.2) is 73.8 Å². The molecule has 1 aromatic heterocycles. The SMILES string of the molecule is COc1ccc(-c2ccc(C)c(C(=O)NS(C)(=O)=O)n2)c(C)c1C1C2=C(CC(C)(C)CC2=O)OC2=C1C(=O)CC(C)(C)C2.[NaH]. The minimum atomic E-state index is -3.80. The maximum atomic E-state index is 13.9. The summed E-state index contributed by atoms with van der Waals surface area (Å²) in [4.78, 5) is 45.1. The van der Waals surface area contributed by atoms with E-state index in [1.54, 1.807) is 32.2 Å². The topological polar surface area (TPSA) is 129 Å². The number of carbonyl (C=O) groups is 3. The molecule has 0 spiro atoms. The predicted octanol–water partition coefficient (Wildman–Crippen LogP) is 4.82. The van der Waals surface area contributed by atoms with Crippen LogP contribution in [-0.2, 0) is 24.3 Å². The molecular formula is C33H39N2NaO7S. The van der Waals surface area contributed by atoms with Crippen molar-refractivity contribution in [2.75, 3.05) is 13.4 Å². The molecule has 0 atom stereocenters. The second-order valence-corrected chi connectivity index (χ2v) is 15.3. The van der Waals surface area contributed by atoms with E-state index in [0.717, 1.165) is 11.8 Å². The van der Waals surface area contributed by atoms with Crippen LogP contribution < -0.4 is 9.46 Å². The number of carbonyl (C=O) groups excluding carboxylic acids is 3. The number of sulfonamides is 1. The number of ether oxygens (including phenoxy) is 2. The second-order valence-electron chi connectivity index (χ2n) is 13.5. The van der Waals surface area contributed by atoms with Crippen molar-refractivity contribution in [1.29, 1.82) is 0 Å². The Hall–Kier alpha value is -2.79. The van der Waals surface area contributed by atoms with Crippen molar-refractivity contribution in [3.05, 3.63) is 69.3 Å². The third kappa shape index (κ3) is 6.45. The number of rotatable bonds is 5. The number of hydrogen-bond acceptors (Lipinski definition) is 8. The fraction of sp³-hybridized carbons (Fsp3) is 0.455. The fourth-order valence-corrected chi connectivity index (χ4v) is 7.04. The third-order valence-electron chi connectivity index (χ3n) is 8.43. The summed E-state index contributed by atoms with van der Waals surface area (Å²) in [5.74, 6) is 0.115. The molecule has 1 amide bonds. The summed E-state index contributed by atoms with van der Waals surface area (Å²) >= 11 is 0. The number of hydrogen-bond donors (Lipinski definition) is 1. The quantitative estimate of drug-likeness (QED) is 0.466. The first kappa shape index (κ1) is 34.1. The van der Waals surface area contributed by atoms with Crippen LogP contribution >= 0.6 is 0 Å². The van der Waals surface area contributed by atoms with E-state index in [1.807, 2.05) is 45.4 Å². The van der Waals surface area contributed by atoms with E-state index < -0.39 is 21.8 Å². The molecular weight excluding hydrogens is 591 g/mol. The van der Waals surface area contributed by atoms with Crippen LogP contribution in [0.15, 0.2) is 46.9 Å². The Morgan fingerprint density at radius 2 is 1.48 bits per heavy atom. The fourth-order valence-electron chi connectivity index (χ4n) is 6.61. The van der Waals surface area contributed by atoms with Crippen LogP contribution in [0.2, 0.25) is 0 Å². The summed E-state index contributed by atoms with van der Waals surface area (Å²) in [6.07, 6.45) is 2.69. The summed E-state index contributed by atoms with van der Waals surface area (Å²) in [5.41, 5.74) is 3.40. The van der Waals surface area contributed by atoms with Crippen molar-refractivity contribution in [1.82, 2.24) is 9.71 Å². The number of aryl methyl sites for hydroxylation is 1. The van der Waals surface area contributed by atoms with Crippen LogP contribution in [0.3, 0.4) is 0 Å². The molecule has 5 rings (SSSR count). The molecule has 1 N–H and O–H groups in total. The molecule has 2 aliphatic carbocycles. The number of nitrogens with one attached hydrogen (secondary N) is 1. The standard InChI is InChI=1S/C33H38N2O7S.Na.H/c1-17-9-11-20(34-30(17)31(38)35-43(8,39)40)19-10-12-23(41-7)26(18(19)2)29-27-21(36)13-32(3,4)15-24(27)42-25-16-33(5,6)14-22(37)28(25)29;;/h9-12,29H,13-16H2,1-8H3,(H,35,38);;. The molecule has 3 aliphatic rings. The molecule has 0 saturated carbocycles. The van der Waals surface area contributed by atoms with E-state index in [9.17, 15) is 22.8 Å². The first-order chi connectivity index (χ1) is 19.9. The molecule has 11 heteroatoms. The third-order valence-corrected chi connectivity index (χ3v) is 8.99. The number of nitrogens with zero attached hydrogens (tertiary/aromatic N) is 1. The van der Waals surface area contributed by atoms with Crippen LogP contribution in [0.4, 0.5) is 0 Å². The average Bonchev–Trinajstić information content (AvgIpc) is 2.85. The van der Waals surface area contributed by atoms with E-state index in [2.05, 4.69) is 4.98 Å². The Bertz CT molecular complexity index is 1720. The van der Waals surface area contributed by atoms with Gasteiger partial charge in [-0.15, -0.1) is 0 Å².